The van der Waals surface area contributed by atoms with E-state index in [1.54, 1.807) is 6.07 Å². The molecule has 1 atom stereocenters. The molecule has 1 unspecified atom stereocenters. The van der Waals surface area contributed by atoms with E-state index in [2.05, 4.69) is 28.2 Å². The number of carbonyl (C=O) groups excluding carboxylic acids is 1. The van der Waals surface area contributed by atoms with Crippen molar-refractivity contribution in [2.45, 2.75) is 26.2 Å². The smallest absolute Gasteiger partial charge is 0.255 e. The number of nitrogens with zero attached hydrogens (tertiary/aromatic N) is 1. The fourth-order valence-electron chi connectivity index (χ4n) is 2.77. The third kappa shape index (κ3) is 4.51. The van der Waals surface area contributed by atoms with Gasteiger partial charge < -0.3 is 10.2 Å². The number of halogens is 2. The minimum absolute atomic E-state index is 0.0891. The highest BCUT2D eigenvalue weighted by Gasteiger charge is 2.22. The minimum atomic E-state index is -0.377. The molecule has 1 aromatic rings. The number of benzene rings is 1. The zero-order valence-electron chi connectivity index (χ0n) is 12.4. The maximum atomic E-state index is 13.4. The van der Waals surface area contributed by atoms with Crippen LogP contribution in [0.5, 0.6) is 0 Å². The molecular formula is C16H22BrFN2O. The fraction of sp³-hybridized carbons (Fsp3) is 0.562. The lowest BCUT2D eigenvalue weighted by atomic mass is 9.98. The first-order valence-electron chi connectivity index (χ1n) is 7.57. The van der Waals surface area contributed by atoms with E-state index in [-0.39, 0.29) is 11.7 Å². The molecular weight excluding hydrogens is 335 g/mol. The Morgan fingerprint density at radius 2 is 2.33 bits per heavy atom. The predicted octanol–water partition coefficient (Wildman–Crippen LogP) is 3.44. The van der Waals surface area contributed by atoms with Gasteiger partial charge in [0.1, 0.15) is 5.82 Å². The summed E-state index contributed by atoms with van der Waals surface area (Å²) in [7, 11) is 0. The molecule has 0 spiro atoms. The lowest BCUT2D eigenvalue weighted by Gasteiger charge is -2.30. The van der Waals surface area contributed by atoms with Crippen LogP contribution < -0.4 is 5.32 Å². The average molecular weight is 357 g/mol. The summed E-state index contributed by atoms with van der Waals surface area (Å²) in [5.74, 6) is 0.0210. The second-order valence-electron chi connectivity index (χ2n) is 5.59. The van der Waals surface area contributed by atoms with Crippen LogP contribution in [0.2, 0.25) is 0 Å². The molecule has 1 aliphatic rings. The molecule has 2 rings (SSSR count). The second-order valence-corrected chi connectivity index (χ2v) is 6.44. The van der Waals surface area contributed by atoms with Gasteiger partial charge in [0, 0.05) is 17.6 Å². The van der Waals surface area contributed by atoms with E-state index >= 15 is 0 Å². The lowest BCUT2D eigenvalue weighted by Crippen LogP contribution is -2.41. The molecule has 5 heteroatoms. The molecule has 1 fully saturated rings. The number of amides is 1. The number of hydrogen-bond donors (Lipinski definition) is 1. The van der Waals surface area contributed by atoms with E-state index in [0.717, 1.165) is 38.9 Å². The number of piperidine rings is 1. The molecule has 3 nitrogen and oxygen atoms in total. The summed E-state index contributed by atoms with van der Waals surface area (Å²) in [4.78, 5) is 14.5. The number of hydrogen-bond acceptors (Lipinski definition) is 2. The van der Waals surface area contributed by atoms with Crippen molar-refractivity contribution in [3.8, 4) is 0 Å². The maximum Gasteiger partial charge on any atom is 0.255 e. The van der Waals surface area contributed by atoms with E-state index in [9.17, 15) is 9.18 Å². The molecule has 0 bridgehead atoms. The zero-order valence-corrected chi connectivity index (χ0v) is 14.0. The Balaban J connectivity index is 2.12. The molecule has 1 saturated heterocycles. The quantitative estimate of drug-likeness (QED) is 0.876. The Morgan fingerprint density at radius 1 is 1.52 bits per heavy atom. The van der Waals surface area contributed by atoms with E-state index in [1.807, 2.05) is 4.90 Å². The second kappa shape index (κ2) is 7.90. The van der Waals surface area contributed by atoms with Crippen LogP contribution in [-0.2, 0) is 0 Å². The summed E-state index contributed by atoms with van der Waals surface area (Å²) in [6, 6.07) is 4.26. The van der Waals surface area contributed by atoms with Crippen molar-refractivity contribution >= 4 is 21.8 Å². The van der Waals surface area contributed by atoms with Gasteiger partial charge in [-0.3, -0.25) is 4.79 Å². The van der Waals surface area contributed by atoms with Gasteiger partial charge in [-0.1, -0.05) is 6.92 Å². The molecule has 1 heterocycles. The first-order valence-corrected chi connectivity index (χ1v) is 8.36. The maximum absolute atomic E-state index is 13.4. The SMILES string of the molecule is CCCN(CC1CCCNC1)C(=O)c1cc(F)ccc1Br. The fourth-order valence-corrected chi connectivity index (χ4v) is 3.19. The normalized spacial score (nSPS) is 18.5. The standard InChI is InChI=1S/C16H22BrFN2O/c1-2-8-20(11-12-4-3-7-19-10-12)16(21)14-9-13(18)5-6-15(14)17/h5-6,9,12,19H,2-4,7-8,10-11H2,1H3. The Labute approximate surface area is 134 Å². The number of carbonyl (C=O) groups is 1. The minimum Gasteiger partial charge on any atom is -0.338 e. The van der Waals surface area contributed by atoms with Gasteiger partial charge in [0.25, 0.3) is 5.91 Å². The van der Waals surface area contributed by atoms with Crippen molar-refractivity contribution in [1.82, 2.24) is 10.2 Å². The molecule has 0 aliphatic carbocycles. The van der Waals surface area contributed by atoms with Crippen molar-refractivity contribution in [2.24, 2.45) is 5.92 Å². The molecule has 21 heavy (non-hydrogen) atoms. The molecule has 1 N–H and O–H groups in total. The van der Waals surface area contributed by atoms with Gasteiger partial charge >= 0.3 is 0 Å². The van der Waals surface area contributed by atoms with Crippen LogP contribution in [0.15, 0.2) is 22.7 Å². The van der Waals surface area contributed by atoms with Crippen molar-refractivity contribution in [2.75, 3.05) is 26.2 Å². The van der Waals surface area contributed by atoms with Crippen molar-refractivity contribution in [3.63, 3.8) is 0 Å². The lowest BCUT2D eigenvalue weighted by molar-refractivity contribution is 0.0717. The summed E-state index contributed by atoms with van der Waals surface area (Å²) in [5, 5.41) is 3.37. The summed E-state index contributed by atoms with van der Waals surface area (Å²) < 4.78 is 14.1. The largest absolute Gasteiger partial charge is 0.338 e. The summed E-state index contributed by atoms with van der Waals surface area (Å²) in [6.45, 7) is 5.52. The van der Waals surface area contributed by atoms with Crippen LogP contribution in [0.3, 0.4) is 0 Å². The van der Waals surface area contributed by atoms with Crippen LogP contribution >= 0.6 is 15.9 Å². The number of nitrogens with one attached hydrogen (secondary N) is 1. The topological polar surface area (TPSA) is 32.3 Å². The third-order valence-electron chi connectivity index (χ3n) is 3.82. The monoisotopic (exact) mass is 356 g/mol. The third-order valence-corrected chi connectivity index (χ3v) is 4.51. The molecule has 1 aliphatic heterocycles. The van der Waals surface area contributed by atoms with Gasteiger partial charge in [-0.15, -0.1) is 0 Å². The van der Waals surface area contributed by atoms with Gasteiger partial charge in [-0.25, -0.2) is 4.39 Å². The first kappa shape index (κ1) is 16.4. The van der Waals surface area contributed by atoms with Gasteiger partial charge in [-0.2, -0.15) is 0 Å². The van der Waals surface area contributed by atoms with Crippen LogP contribution in [0.25, 0.3) is 0 Å². The Kier molecular flexibility index (Phi) is 6.18. The van der Waals surface area contributed by atoms with Crippen LogP contribution in [0, 0.1) is 11.7 Å². The summed E-state index contributed by atoms with van der Waals surface area (Å²) in [5.41, 5.74) is 0.409. The van der Waals surface area contributed by atoms with Crippen LogP contribution in [0.1, 0.15) is 36.5 Å². The van der Waals surface area contributed by atoms with E-state index in [4.69, 9.17) is 0 Å². The molecule has 1 amide bonds. The molecule has 0 radical (unpaired) electrons. The Morgan fingerprint density at radius 3 is 3.00 bits per heavy atom. The highest BCUT2D eigenvalue weighted by molar-refractivity contribution is 9.10. The van der Waals surface area contributed by atoms with Gasteiger partial charge in [-0.05, 0) is 72.4 Å². The highest BCUT2D eigenvalue weighted by atomic mass is 79.9. The molecule has 0 aromatic heterocycles. The molecule has 116 valence electrons. The number of rotatable bonds is 5. The summed E-state index contributed by atoms with van der Waals surface area (Å²) >= 11 is 3.35. The van der Waals surface area contributed by atoms with E-state index in [0.29, 0.717) is 22.5 Å². The zero-order chi connectivity index (χ0) is 15.2. The van der Waals surface area contributed by atoms with E-state index < -0.39 is 0 Å². The average Bonchev–Trinajstić information content (AvgIpc) is 2.49. The van der Waals surface area contributed by atoms with Gasteiger partial charge in [0.2, 0.25) is 0 Å². The molecule has 1 aromatic carbocycles. The van der Waals surface area contributed by atoms with Gasteiger partial charge in [0.05, 0.1) is 5.56 Å². The highest BCUT2D eigenvalue weighted by Crippen LogP contribution is 2.21. The Hall–Kier alpha value is -0.940. The van der Waals surface area contributed by atoms with E-state index in [1.165, 1.54) is 12.1 Å². The molecule has 0 saturated carbocycles. The summed E-state index contributed by atoms with van der Waals surface area (Å²) in [6.07, 6.45) is 3.20. The van der Waals surface area contributed by atoms with Crippen molar-refractivity contribution < 1.29 is 9.18 Å². The predicted molar refractivity (Wildman–Crippen MR) is 85.9 cm³/mol. The van der Waals surface area contributed by atoms with Crippen molar-refractivity contribution in [3.05, 3.63) is 34.1 Å². The van der Waals surface area contributed by atoms with Gasteiger partial charge in [0.15, 0.2) is 0 Å². The Bertz CT molecular complexity index is 489. The van der Waals surface area contributed by atoms with Crippen molar-refractivity contribution in [1.29, 1.82) is 0 Å². The first-order chi connectivity index (χ1) is 10.1. The van der Waals surface area contributed by atoms with Crippen LogP contribution in [-0.4, -0.2) is 37.0 Å². The van der Waals surface area contributed by atoms with Crippen LogP contribution in [0.4, 0.5) is 4.39 Å².